The Morgan fingerprint density at radius 3 is 2.45 bits per heavy atom. The lowest BCUT2D eigenvalue weighted by Crippen LogP contribution is -2.35. The van der Waals surface area contributed by atoms with Gasteiger partial charge in [-0.05, 0) is 55.0 Å². The number of anilines is 3. The minimum Gasteiger partial charge on any atom is -0.497 e. The molecule has 160 valence electrons. The van der Waals surface area contributed by atoms with Gasteiger partial charge in [-0.2, -0.15) is 0 Å². The predicted molar refractivity (Wildman–Crippen MR) is 120 cm³/mol. The smallest absolute Gasteiger partial charge is 0.353 e. The van der Waals surface area contributed by atoms with E-state index in [2.05, 4.69) is 39.6 Å². The van der Waals surface area contributed by atoms with Gasteiger partial charge >= 0.3 is 5.69 Å². The molecule has 0 unspecified atom stereocenters. The summed E-state index contributed by atoms with van der Waals surface area (Å²) in [5.41, 5.74) is 1.93. The molecule has 0 spiro atoms. The molecular weight excluding hydrogens is 394 g/mol. The van der Waals surface area contributed by atoms with E-state index in [0.29, 0.717) is 23.2 Å². The Bertz CT molecular complexity index is 1020. The van der Waals surface area contributed by atoms with Crippen molar-refractivity contribution < 1.29 is 9.66 Å². The summed E-state index contributed by atoms with van der Waals surface area (Å²) in [7, 11) is 1.59. The lowest BCUT2D eigenvalue weighted by molar-refractivity contribution is -0.383. The van der Waals surface area contributed by atoms with Crippen LogP contribution in [0.2, 0.25) is 0 Å². The number of piperidine rings is 1. The van der Waals surface area contributed by atoms with E-state index in [4.69, 9.17) is 4.74 Å². The van der Waals surface area contributed by atoms with Crippen LogP contribution in [0.3, 0.4) is 0 Å². The van der Waals surface area contributed by atoms with Gasteiger partial charge in [0.2, 0.25) is 11.6 Å². The van der Waals surface area contributed by atoms with Gasteiger partial charge in [0.1, 0.15) is 12.1 Å². The third-order valence-corrected chi connectivity index (χ3v) is 5.62. The Balaban J connectivity index is 1.49. The van der Waals surface area contributed by atoms with Crippen LogP contribution in [0.5, 0.6) is 5.75 Å². The van der Waals surface area contributed by atoms with Gasteiger partial charge in [-0.1, -0.05) is 30.3 Å². The Hall–Kier alpha value is -3.68. The van der Waals surface area contributed by atoms with Crippen molar-refractivity contribution in [1.29, 1.82) is 0 Å². The average molecular weight is 419 g/mol. The topological polar surface area (TPSA) is 93.4 Å². The second kappa shape index (κ2) is 9.42. The number of ether oxygens (including phenoxy) is 1. The summed E-state index contributed by atoms with van der Waals surface area (Å²) in [4.78, 5) is 21.9. The summed E-state index contributed by atoms with van der Waals surface area (Å²) in [6.45, 7) is 1.47. The summed E-state index contributed by atoms with van der Waals surface area (Å²) in [5.74, 6) is 1.83. The molecule has 8 heteroatoms. The van der Waals surface area contributed by atoms with Crippen LogP contribution in [0.4, 0.5) is 23.0 Å². The molecule has 4 rings (SSSR count). The Morgan fingerprint density at radius 1 is 1.10 bits per heavy atom. The third-order valence-electron chi connectivity index (χ3n) is 5.62. The fourth-order valence-corrected chi connectivity index (χ4v) is 3.97. The van der Waals surface area contributed by atoms with Crippen molar-refractivity contribution in [3.05, 3.63) is 76.6 Å². The van der Waals surface area contributed by atoms with Crippen LogP contribution in [0, 0.1) is 16.0 Å². The largest absolute Gasteiger partial charge is 0.497 e. The van der Waals surface area contributed by atoms with Gasteiger partial charge in [0.25, 0.3) is 0 Å². The van der Waals surface area contributed by atoms with Crippen molar-refractivity contribution in [2.45, 2.75) is 19.3 Å². The summed E-state index contributed by atoms with van der Waals surface area (Å²) in [6.07, 6.45) is 4.35. The Kier molecular flexibility index (Phi) is 6.26. The average Bonchev–Trinajstić information content (AvgIpc) is 2.80. The van der Waals surface area contributed by atoms with Crippen molar-refractivity contribution in [3.63, 3.8) is 0 Å². The van der Waals surface area contributed by atoms with E-state index in [9.17, 15) is 10.1 Å². The first-order valence-electron chi connectivity index (χ1n) is 10.3. The fraction of sp³-hybridized carbons (Fsp3) is 0.304. The number of nitrogens with zero attached hydrogens (tertiary/aromatic N) is 4. The van der Waals surface area contributed by atoms with Crippen LogP contribution < -0.4 is 15.0 Å². The van der Waals surface area contributed by atoms with Gasteiger partial charge < -0.3 is 15.0 Å². The molecular formula is C23H25N5O3. The molecule has 8 nitrogen and oxygen atoms in total. The highest BCUT2D eigenvalue weighted by Gasteiger charge is 2.30. The highest BCUT2D eigenvalue weighted by atomic mass is 16.6. The standard InChI is InChI=1S/C23H25N5O3/c1-31-20-9-7-19(8-10-20)26-22-21(28(29)30)23(25-16-24-22)27-13-11-18(12-14-27)15-17-5-3-2-4-6-17/h2-10,16,18H,11-15H2,1H3,(H,24,25,26). The number of hydrogen-bond acceptors (Lipinski definition) is 7. The molecule has 1 aliphatic rings. The van der Waals surface area contributed by atoms with E-state index in [0.717, 1.165) is 32.4 Å². The highest BCUT2D eigenvalue weighted by Crippen LogP contribution is 2.36. The van der Waals surface area contributed by atoms with Crippen LogP contribution in [0.1, 0.15) is 18.4 Å². The SMILES string of the molecule is COc1ccc(Nc2ncnc(N3CCC(Cc4ccccc4)CC3)c2[N+](=O)[O-])cc1. The zero-order valence-electron chi connectivity index (χ0n) is 17.4. The first-order chi connectivity index (χ1) is 15.1. The molecule has 0 aliphatic carbocycles. The lowest BCUT2D eigenvalue weighted by Gasteiger charge is -2.32. The molecule has 1 aromatic heterocycles. The van der Waals surface area contributed by atoms with Gasteiger partial charge in [-0.15, -0.1) is 0 Å². The first-order valence-corrected chi connectivity index (χ1v) is 10.3. The van der Waals surface area contributed by atoms with E-state index >= 15 is 0 Å². The summed E-state index contributed by atoms with van der Waals surface area (Å²) in [5, 5.41) is 15.0. The number of aromatic nitrogens is 2. The van der Waals surface area contributed by atoms with E-state index in [1.807, 2.05) is 11.0 Å². The van der Waals surface area contributed by atoms with Crippen LogP contribution in [0.15, 0.2) is 60.9 Å². The van der Waals surface area contributed by atoms with Crippen molar-refractivity contribution in [2.75, 3.05) is 30.4 Å². The second-order valence-electron chi connectivity index (χ2n) is 7.63. The van der Waals surface area contributed by atoms with Gasteiger partial charge in [0, 0.05) is 18.8 Å². The Morgan fingerprint density at radius 2 is 1.81 bits per heavy atom. The minimum atomic E-state index is -0.406. The molecule has 3 aromatic rings. The van der Waals surface area contributed by atoms with Crippen molar-refractivity contribution in [3.8, 4) is 5.75 Å². The molecule has 1 N–H and O–H groups in total. The molecule has 1 saturated heterocycles. The number of rotatable bonds is 7. The predicted octanol–water partition coefficient (Wildman–Crippen LogP) is 4.60. The molecule has 0 atom stereocenters. The quantitative estimate of drug-likeness (QED) is 0.442. The Labute approximate surface area is 181 Å². The van der Waals surface area contributed by atoms with Crippen LogP contribution in [-0.2, 0) is 6.42 Å². The molecule has 2 heterocycles. The maximum atomic E-state index is 11.9. The molecule has 1 aliphatic heterocycles. The van der Waals surface area contributed by atoms with Gasteiger partial charge in [-0.3, -0.25) is 10.1 Å². The zero-order chi connectivity index (χ0) is 21.6. The zero-order valence-corrected chi connectivity index (χ0v) is 17.4. The van der Waals surface area contributed by atoms with Crippen LogP contribution in [-0.4, -0.2) is 35.1 Å². The molecule has 2 aromatic carbocycles. The number of benzene rings is 2. The van der Waals surface area contributed by atoms with E-state index in [-0.39, 0.29) is 11.5 Å². The van der Waals surface area contributed by atoms with Crippen molar-refractivity contribution >= 4 is 23.0 Å². The normalized spacial score (nSPS) is 14.3. The highest BCUT2D eigenvalue weighted by molar-refractivity contribution is 5.74. The lowest BCUT2D eigenvalue weighted by atomic mass is 9.90. The minimum absolute atomic E-state index is 0.0974. The molecule has 1 fully saturated rings. The van der Waals surface area contributed by atoms with E-state index in [1.165, 1.54) is 11.9 Å². The van der Waals surface area contributed by atoms with Crippen LogP contribution >= 0.6 is 0 Å². The molecule has 31 heavy (non-hydrogen) atoms. The first kappa shape index (κ1) is 20.6. The van der Waals surface area contributed by atoms with Gasteiger partial charge in [0.15, 0.2) is 0 Å². The summed E-state index contributed by atoms with van der Waals surface area (Å²) < 4.78 is 5.16. The van der Waals surface area contributed by atoms with E-state index in [1.54, 1.807) is 31.4 Å². The maximum absolute atomic E-state index is 11.9. The van der Waals surface area contributed by atoms with E-state index < -0.39 is 4.92 Å². The molecule has 0 radical (unpaired) electrons. The fourth-order valence-electron chi connectivity index (χ4n) is 3.97. The number of hydrogen-bond donors (Lipinski definition) is 1. The second-order valence-corrected chi connectivity index (χ2v) is 7.63. The van der Waals surface area contributed by atoms with Gasteiger partial charge in [0.05, 0.1) is 12.0 Å². The maximum Gasteiger partial charge on any atom is 0.353 e. The molecule has 0 saturated carbocycles. The number of nitro groups is 1. The number of nitrogens with one attached hydrogen (secondary N) is 1. The van der Waals surface area contributed by atoms with Crippen LogP contribution in [0.25, 0.3) is 0 Å². The third kappa shape index (κ3) is 4.91. The monoisotopic (exact) mass is 419 g/mol. The molecule has 0 amide bonds. The van der Waals surface area contributed by atoms with Crippen molar-refractivity contribution in [1.82, 2.24) is 9.97 Å². The summed E-state index contributed by atoms with van der Waals surface area (Å²) >= 11 is 0. The summed E-state index contributed by atoms with van der Waals surface area (Å²) in [6, 6.07) is 17.6. The number of methoxy groups -OCH3 is 1. The van der Waals surface area contributed by atoms with Crippen molar-refractivity contribution in [2.24, 2.45) is 5.92 Å². The molecule has 0 bridgehead atoms. The van der Waals surface area contributed by atoms with Gasteiger partial charge in [-0.25, -0.2) is 9.97 Å².